The molecule has 1 aliphatic rings. The van der Waals surface area contributed by atoms with Crippen LogP contribution >= 0.6 is 11.6 Å². The van der Waals surface area contributed by atoms with E-state index in [1.54, 1.807) is 0 Å². The standard InChI is InChI=1S/C7H11ClO2/c1-2-10-7(9)6-3-5(6)4-8/h5-6H,2-4H2,1H3/t5-,6-/m1/s1. The van der Waals surface area contributed by atoms with E-state index in [1.807, 2.05) is 6.92 Å². The van der Waals surface area contributed by atoms with Crippen LogP contribution in [0.5, 0.6) is 0 Å². The molecule has 0 N–H and O–H groups in total. The summed E-state index contributed by atoms with van der Waals surface area (Å²) in [7, 11) is 0. The lowest BCUT2D eigenvalue weighted by molar-refractivity contribution is -0.144. The first-order valence-corrected chi connectivity index (χ1v) is 4.05. The fraction of sp³-hybridized carbons (Fsp3) is 0.857. The fourth-order valence-corrected chi connectivity index (χ4v) is 1.30. The Morgan fingerprint density at radius 3 is 2.90 bits per heavy atom. The van der Waals surface area contributed by atoms with Gasteiger partial charge in [0, 0.05) is 5.88 Å². The summed E-state index contributed by atoms with van der Waals surface area (Å²) in [5, 5.41) is 0. The summed E-state index contributed by atoms with van der Waals surface area (Å²) >= 11 is 5.53. The molecule has 1 saturated carbocycles. The van der Waals surface area contributed by atoms with Crippen molar-refractivity contribution >= 4 is 17.6 Å². The van der Waals surface area contributed by atoms with Crippen molar-refractivity contribution < 1.29 is 9.53 Å². The molecule has 0 unspecified atom stereocenters. The Labute approximate surface area is 65.5 Å². The zero-order valence-electron chi connectivity index (χ0n) is 5.97. The van der Waals surface area contributed by atoms with Crippen LogP contribution in [0.4, 0.5) is 0 Å². The molecule has 2 nitrogen and oxygen atoms in total. The maximum atomic E-state index is 10.9. The van der Waals surface area contributed by atoms with E-state index in [2.05, 4.69) is 0 Å². The third-order valence-electron chi connectivity index (χ3n) is 1.71. The number of halogens is 1. The molecule has 1 rings (SSSR count). The first-order chi connectivity index (χ1) is 4.79. The van der Waals surface area contributed by atoms with Gasteiger partial charge in [0.05, 0.1) is 12.5 Å². The van der Waals surface area contributed by atoms with Crippen LogP contribution in [0.3, 0.4) is 0 Å². The summed E-state index contributed by atoms with van der Waals surface area (Å²) in [5.41, 5.74) is 0. The molecule has 0 bridgehead atoms. The van der Waals surface area contributed by atoms with Gasteiger partial charge in [-0.05, 0) is 19.3 Å². The molecule has 0 aromatic rings. The molecule has 0 saturated heterocycles. The van der Waals surface area contributed by atoms with Crippen LogP contribution in [0.1, 0.15) is 13.3 Å². The highest BCUT2D eigenvalue weighted by molar-refractivity contribution is 6.18. The highest BCUT2D eigenvalue weighted by Gasteiger charge is 2.43. The molecular formula is C7H11ClO2. The van der Waals surface area contributed by atoms with Crippen molar-refractivity contribution in [2.75, 3.05) is 12.5 Å². The third-order valence-corrected chi connectivity index (χ3v) is 2.11. The van der Waals surface area contributed by atoms with E-state index >= 15 is 0 Å². The van der Waals surface area contributed by atoms with Gasteiger partial charge >= 0.3 is 5.97 Å². The van der Waals surface area contributed by atoms with Gasteiger partial charge in [-0.15, -0.1) is 11.6 Å². The first-order valence-electron chi connectivity index (χ1n) is 3.52. The molecule has 0 aromatic heterocycles. The fourth-order valence-electron chi connectivity index (χ4n) is 0.956. The van der Waals surface area contributed by atoms with E-state index in [0.29, 0.717) is 18.4 Å². The number of rotatable bonds is 3. The molecule has 58 valence electrons. The molecular weight excluding hydrogens is 152 g/mol. The van der Waals surface area contributed by atoms with E-state index in [0.717, 1.165) is 6.42 Å². The molecule has 1 aliphatic carbocycles. The van der Waals surface area contributed by atoms with Gasteiger partial charge in [-0.1, -0.05) is 0 Å². The maximum Gasteiger partial charge on any atom is 0.309 e. The summed E-state index contributed by atoms with van der Waals surface area (Å²) in [4.78, 5) is 10.9. The first kappa shape index (κ1) is 7.86. The molecule has 0 radical (unpaired) electrons. The quantitative estimate of drug-likeness (QED) is 0.464. The molecule has 1 fully saturated rings. The highest BCUT2D eigenvalue weighted by Crippen LogP contribution is 2.40. The molecule has 3 heteroatoms. The number of hydrogen-bond acceptors (Lipinski definition) is 2. The predicted octanol–water partition coefficient (Wildman–Crippen LogP) is 1.42. The molecule has 2 atom stereocenters. The Kier molecular flexibility index (Phi) is 2.55. The third kappa shape index (κ3) is 1.63. The van der Waals surface area contributed by atoms with Gasteiger partial charge in [-0.2, -0.15) is 0 Å². The lowest BCUT2D eigenvalue weighted by atomic mass is 10.3. The molecule has 0 heterocycles. The summed E-state index contributed by atoms with van der Waals surface area (Å²) < 4.78 is 4.80. The summed E-state index contributed by atoms with van der Waals surface area (Å²) in [5.74, 6) is 1.01. The van der Waals surface area contributed by atoms with Gasteiger partial charge in [-0.3, -0.25) is 4.79 Å². The van der Waals surface area contributed by atoms with Crippen LogP contribution in [0.15, 0.2) is 0 Å². The number of carbonyl (C=O) groups excluding carboxylic acids is 1. The topological polar surface area (TPSA) is 26.3 Å². The lowest BCUT2D eigenvalue weighted by Gasteiger charge is -1.97. The van der Waals surface area contributed by atoms with E-state index in [4.69, 9.17) is 16.3 Å². The van der Waals surface area contributed by atoms with Crippen molar-refractivity contribution in [2.45, 2.75) is 13.3 Å². The van der Waals surface area contributed by atoms with Crippen LogP contribution in [-0.4, -0.2) is 18.5 Å². The highest BCUT2D eigenvalue weighted by atomic mass is 35.5. The van der Waals surface area contributed by atoms with Gasteiger partial charge < -0.3 is 4.74 Å². The van der Waals surface area contributed by atoms with E-state index < -0.39 is 0 Å². The normalized spacial score (nSPS) is 29.8. The van der Waals surface area contributed by atoms with Gasteiger partial charge in [0.2, 0.25) is 0 Å². The summed E-state index contributed by atoms with van der Waals surface area (Å²) in [6.45, 7) is 2.29. The summed E-state index contributed by atoms with van der Waals surface area (Å²) in [6.07, 6.45) is 0.919. The van der Waals surface area contributed by atoms with Gasteiger partial charge in [0.25, 0.3) is 0 Å². The van der Waals surface area contributed by atoms with Gasteiger partial charge in [0.1, 0.15) is 0 Å². The Bertz CT molecular complexity index is 136. The van der Waals surface area contributed by atoms with Crippen LogP contribution in [0.25, 0.3) is 0 Å². The van der Waals surface area contributed by atoms with Gasteiger partial charge in [0.15, 0.2) is 0 Å². The minimum atomic E-state index is -0.0758. The van der Waals surface area contributed by atoms with Crippen molar-refractivity contribution in [1.82, 2.24) is 0 Å². The Morgan fingerprint density at radius 1 is 1.80 bits per heavy atom. The second kappa shape index (κ2) is 3.24. The average Bonchev–Trinajstić information content (AvgIpc) is 2.66. The second-order valence-corrected chi connectivity index (χ2v) is 2.82. The zero-order chi connectivity index (χ0) is 7.56. The smallest absolute Gasteiger partial charge is 0.309 e. The van der Waals surface area contributed by atoms with Crippen LogP contribution in [-0.2, 0) is 9.53 Å². The Balaban J connectivity index is 2.19. The van der Waals surface area contributed by atoms with Gasteiger partial charge in [-0.25, -0.2) is 0 Å². The number of ether oxygens (including phenoxy) is 1. The number of esters is 1. The van der Waals surface area contributed by atoms with E-state index in [-0.39, 0.29) is 11.9 Å². The Morgan fingerprint density at radius 2 is 2.50 bits per heavy atom. The second-order valence-electron chi connectivity index (χ2n) is 2.51. The molecule has 0 aromatic carbocycles. The van der Waals surface area contributed by atoms with Crippen LogP contribution in [0.2, 0.25) is 0 Å². The number of alkyl halides is 1. The average molecular weight is 163 g/mol. The molecule has 0 spiro atoms. The Hall–Kier alpha value is -0.240. The van der Waals surface area contributed by atoms with E-state index in [1.165, 1.54) is 0 Å². The molecule has 0 amide bonds. The molecule has 10 heavy (non-hydrogen) atoms. The van der Waals surface area contributed by atoms with Crippen molar-refractivity contribution in [3.8, 4) is 0 Å². The number of carbonyl (C=O) groups is 1. The minimum Gasteiger partial charge on any atom is -0.466 e. The van der Waals surface area contributed by atoms with E-state index in [9.17, 15) is 4.79 Å². The van der Waals surface area contributed by atoms with Crippen molar-refractivity contribution in [1.29, 1.82) is 0 Å². The molecule has 0 aliphatic heterocycles. The largest absolute Gasteiger partial charge is 0.466 e. The zero-order valence-corrected chi connectivity index (χ0v) is 6.73. The predicted molar refractivity (Wildman–Crippen MR) is 39.0 cm³/mol. The monoisotopic (exact) mass is 162 g/mol. The minimum absolute atomic E-state index is 0.0758. The number of hydrogen-bond donors (Lipinski definition) is 0. The summed E-state index contributed by atoms with van der Waals surface area (Å²) in [6, 6.07) is 0. The van der Waals surface area contributed by atoms with Crippen molar-refractivity contribution in [2.24, 2.45) is 11.8 Å². The lowest BCUT2D eigenvalue weighted by Crippen LogP contribution is -2.07. The SMILES string of the molecule is CCOC(=O)[C@@H]1C[C@@H]1CCl. The van der Waals surface area contributed by atoms with Crippen molar-refractivity contribution in [3.05, 3.63) is 0 Å². The van der Waals surface area contributed by atoms with Crippen LogP contribution in [0, 0.1) is 11.8 Å². The van der Waals surface area contributed by atoms with Crippen molar-refractivity contribution in [3.63, 3.8) is 0 Å². The maximum absolute atomic E-state index is 10.9. The van der Waals surface area contributed by atoms with Crippen LogP contribution < -0.4 is 0 Å².